The topological polar surface area (TPSA) is 73.3 Å². The smallest absolute Gasteiger partial charge is 0.151 e. The van der Waals surface area contributed by atoms with Gasteiger partial charge in [-0.15, -0.1) is 0 Å². The van der Waals surface area contributed by atoms with Crippen LogP contribution in [0.3, 0.4) is 0 Å². The standard InChI is InChI=1S/C15H15NO4S/c1-20-15-7-11(10-21(2,18)19)3-4-13(15)14-8-16-6-5-12(14)9-17/h3-9H,10H2,1-2H3. The Morgan fingerprint density at radius 1 is 1.24 bits per heavy atom. The van der Waals surface area contributed by atoms with Crippen LogP contribution in [-0.2, 0) is 15.6 Å². The fourth-order valence-corrected chi connectivity index (χ4v) is 2.87. The number of rotatable bonds is 5. The highest BCUT2D eigenvalue weighted by molar-refractivity contribution is 7.89. The molecular weight excluding hydrogens is 290 g/mol. The van der Waals surface area contributed by atoms with Crippen molar-refractivity contribution in [1.29, 1.82) is 0 Å². The summed E-state index contributed by atoms with van der Waals surface area (Å²) in [6.45, 7) is 0. The summed E-state index contributed by atoms with van der Waals surface area (Å²) in [4.78, 5) is 15.1. The quantitative estimate of drug-likeness (QED) is 0.791. The maximum atomic E-state index is 11.4. The van der Waals surface area contributed by atoms with E-state index in [9.17, 15) is 13.2 Å². The van der Waals surface area contributed by atoms with Crippen LogP contribution in [0.4, 0.5) is 0 Å². The molecule has 1 heterocycles. The molecule has 5 nitrogen and oxygen atoms in total. The van der Waals surface area contributed by atoms with Crippen molar-refractivity contribution in [3.8, 4) is 16.9 Å². The number of aldehydes is 1. The van der Waals surface area contributed by atoms with E-state index < -0.39 is 9.84 Å². The van der Waals surface area contributed by atoms with Crippen LogP contribution in [0, 0.1) is 0 Å². The summed E-state index contributed by atoms with van der Waals surface area (Å²) in [6, 6.07) is 6.73. The van der Waals surface area contributed by atoms with Crippen LogP contribution >= 0.6 is 0 Å². The lowest BCUT2D eigenvalue weighted by atomic mass is 10.0. The van der Waals surface area contributed by atoms with Crippen molar-refractivity contribution in [3.63, 3.8) is 0 Å². The van der Waals surface area contributed by atoms with E-state index in [0.29, 0.717) is 28.0 Å². The van der Waals surface area contributed by atoms with Gasteiger partial charge in [0.25, 0.3) is 0 Å². The Labute approximate surface area is 123 Å². The highest BCUT2D eigenvalue weighted by Gasteiger charge is 2.13. The summed E-state index contributed by atoms with van der Waals surface area (Å²) in [7, 11) is -1.62. The number of nitrogens with zero attached hydrogens (tertiary/aromatic N) is 1. The highest BCUT2D eigenvalue weighted by atomic mass is 32.2. The first kappa shape index (κ1) is 15.2. The Bertz CT molecular complexity index is 769. The summed E-state index contributed by atoms with van der Waals surface area (Å²) in [5.74, 6) is 0.448. The number of pyridine rings is 1. The summed E-state index contributed by atoms with van der Waals surface area (Å²) in [5, 5.41) is 0. The molecule has 1 aromatic heterocycles. The second-order valence-corrected chi connectivity index (χ2v) is 6.83. The zero-order valence-corrected chi connectivity index (χ0v) is 12.6. The Morgan fingerprint density at radius 2 is 2.00 bits per heavy atom. The molecule has 0 amide bonds. The van der Waals surface area contributed by atoms with Crippen LogP contribution < -0.4 is 4.74 Å². The van der Waals surface area contributed by atoms with E-state index in [2.05, 4.69) is 4.98 Å². The lowest BCUT2D eigenvalue weighted by Crippen LogP contribution is -2.01. The van der Waals surface area contributed by atoms with E-state index in [-0.39, 0.29) is 5.75 Å². The number of aromatic nitrogens is 1. The van der Waals surface area contributed by atoms with Crippen molar-refractivity contribution >= 4 is 16.1 Å². The van der Waals surface area contributed by atoms with Crippen molar-refractivity contribution in [2.45, 2.75) is 5.75 Å². The van der Waals surface area contributed by atoms with Gasteiger partial charge in [0.2, 0.25) is 0 Å². The summed E-state index contributed by atoms with van der Waals surface area (Å²) in [6.07, 6.45) is 5.05. The minimum atomic E-state index is -3.12. The van der Waals surface area contributed by atoms with Crippen molar-refractivity contribution in [1.82, 2.24) is 4.98 Å². The highest BCUT2D eigenvalue weighted by Crippen LogP contribution is 2.32. The molecule has 0 saturated heterocycles. The van der Waals surface area contributed by atoms with E-state index in [1.54, 1.807) is 30.5 Å². The second kappa shape index (κ2) is 6.05. The third-order valence-electron chi connectivity index (χ3n) is 2.97. The second-order valence-electron chi connectivity index (χ2n) is 4.69. The molecule has 2 rings (SSSR count). The predicted molar refractivity (Wildman–Crippen MR) is 80.2 cm³/mol. The third kappa shape index (κ3) is 3.66. The Hall–Kier alpha value is -2.21. The van der Waals surface area contributed by atoms with Gasteiger partial charge in [0.1, 0.15) is 5.75 Å². The molecule has 0 aliphatic heterocycles. The van der Waals surface area contributed by atoms with Crippen molar-refractivity contribution in [2.24, 2.45) is 0 Å². The van der Waals surface area contributed by atoms with Gasteiger partial charge < -0.3 is 4.74 Å². The maximum Gasteiger partial charge on any atom is 0.151 e. The molecule has 0 spiro atoms. The monoisotopic (exact) mass is 305 g/mol. The maximum absolute atomic E-state index is 11.4. The van der Waals surface area contributed by atoms with Crippen LogP contribution in [0.15, 0.2) is 36.7 Å². The van der Waals surface area contributed by atoms with Gasteiger partial charge >= 0.3 is 0 Å². The number of methoxy groups -OCH3 is 1. The number of carbonyl (C=O) groups is 1. The lowest BCUT2D eigenvalue weighted by molar-refractivity contribution is 0.112. The number of ether oxygens (including phenoxy) is 1. The van der Waals surface area contributed by atoms with Gasteiger partial charge in [0, 0.05) is 35.3 Å². The van der Waals surface area contributed by atoms with E-state index >= 15 is 0 Å². The zero-order valence-electron chi connectivity index (χ0n) is 11.7. The number of hydrogen-bond donors (Lipinski definition) is 0. The van der Waals surface area contributed by atoms with E-state index in [4.69, 9.17) is 4.74 Å². The largest absolute Gasteiger partial charge is 0.496 e. The first-order valence-corrected chi connectivity index (χ1v) is 8.25. The van der Waals surface area contributed by atoms with Crippen LogP contribution in [0.5, 0.6) is 5.75 Å². The van der Waals surface area contributed by atoms with Crippen LogP contribution in [-0.4, -0.2) is 33.1 Å². The predicted octanol–water partition coefficient (Wildman–Crippen LogP) is 2.11. The molecule has 0 saturated carbocycles. The summed E-state index contributed by atoms with van der Waals surface area (Å²) >= 11 is 0. The van der Waals surface area contributed by atoms with Crippen LogP contribution in [0.25, 0.3) is 11.1 Å². The molecule has 1 aromatic carbocycles. The molecule has 0 aliphatic rings. The van der Waals surface area contributed by atoms with Crippen LogP contribution in [0.1, 0.15) is 15.9 Å². The third-order valence-corrected chi connectivity index (χ3v) is 3.82. The number of carbonyl (C=O) groups excluding carboxylic acids is 1. The SMILES string of the molecule is COc1cc(CS(C)(=O)=O)ccc1-c1cnccc1C=O. The van der Waals surface area contributed by atoms with E-state index in [1.165, 1.54) is 19.6 Å². The summed E-state index contributed by atoms with van der Waals surface area (Å²) < 4.78 is 28.0. The molecule has 0 fully saturated rings. The molecule has 0 N–H and O–H groups in total. The average Bonchev–Trinajstić information content (AvgIpc) is 2.45. The molecular formula is C15H15NO4S. The van der Waals surface area contributed by atoms with E-state index in [0.717, 1.165) is 6.29 Å². The minimum absolute atomic E-state index is 0.0583. The van der Waals surface area contributed by atoms with Crippen molar-refractivity contribution < 1.29 is 17.9 Å². The lowest BCUT2D eigenvalue weighted by Gasteiger charge is -2.11. The van der Waals surface area contributed by atoms with Gasteiger partial charge in [-0.2, -0.15) is 0 Å². The molecule has 0 atom stereocenters. The average molecular weight is 305 g/mol. The molecule has 0 radical (unpaired) electrons. The number of benzene rings is 1. The van der Waals surface area contributed by atoms with Gasteiger partial charge in [-0.3, -0.25) is 9.78 Å². The fourth-order valence-electron chi connectivity index (χ4n) is 2.08. The molecule has 110 valence electrons. The van der Waals surface area contributed by atoms with E-state index in [1.807, 2.05) is 0 Å². The molecule has 6 heteroatoms. The summed E-state index contributed by atoms with van der Waals surface area (Å²) in [5.41, 5.74) is 2.48. The van der Waals surface area contributed by atoms with Gasteiger partial charge in [-0.25, -0.2) is 8.42 Å². The Balaban J connectivity index is 2.53. The van der Waals surface area contributed by atoms with Gasteiger partial charge in [-0.1, -0.05) is 12.1 Å². The molecule has 0 bridgehead atoms. The number of sulfone groups is 1. The number of hydrogen-bond acceptors (Lipinski definition) is 5. The Kier molecular flexibility index (Phi) is 4.37. The molecule has 2 aromatic rings. The van der Waals surface area contributed by atoms with Gasteiger partial charge in [0.15, 0.2) is 16.1 Å². The first-order chi connectivity index (χ1) is 9.94. The molecule has 21 heavy (non-hydrogen) atoms. The zero-order chi connectivity index (χ0) is 15.5. The van der Waals surface area contributed by atoms with Crippen LogP contribution in [0.2, 0.25) is 0 Å². The normalized spacial score (nSPS) is 11.1. The van der Waals surface area contributed by atoms with Crippen molar-refractivity contribution in [3.05, 3.63) is 47.8 Å². The van der Waals surface area contributed by atoms with Gasteiger partial charge in [0.05, 0.1) is 12.9 Å². The first-order valence-electron chi connectivity index (χ1n) is 6.19. The van der Waals surface area contributed by atoms with Crippen molar-refractivity contribution in [2.75, 3.05) is 13.4 Å². The Morgan fingerprint density at radius 3 is 2.62 bits per heavy atom. The fraction of sp³-hybridized carbons (Fsp3) is 0.200. The van der Waals surface area contributed by atoms with Gasteiger partial charge in [-0.05, 0) is 17.7 Å². The minimum Gasteiger partial charge on any atom is -0.496 e. The molecule has 0 unspecified atom stereocenters. The molecule has 0 aliphatic carbocycles.